The highest BCUT2D eigenvalue weighted by atomic mass is 16.5. The highest BCUT2D eigenvalue weighted by Gasteiger charge is 2.29. The second-order valence-corrected chi connectivity index (χ2v) is 4.69. The first-order valence-electron chi connectivity index (χ1n) is 5.98. The number of ether oxygens (including phenoxy) is 1. The summed E-state index contributed by atoms with van der Waals surface area (Å²) < 4.78 is 5.76. The number of hydrogen-bond donors (Lipinski definition) is 1. The fourth-order valence-electron chi connectivity index (χ4n) is 2.69. The lowest BCUT2D eigenvalue weighted by molar-refractivity contribution is -0.122. The number of fused-ring (bicyclic) bond motifs is 2. The number of hydrogen-bond acceptors (Lipinski definition) is 2. The molecule has 0 spiro atoms. The van der Waals surface area contributed by atoms with Crippen LogP contribution in [0.1, 0.15) is 30.4 Å². The number of nitrogens with two attached hydrogens (primary N) is 1. The van der Waals surface area contributed by atoms with Crippen molar-refractivity contribution in [2.75, 3.05) is 0 Å². The lowest BCUT2D eigenvalue weighted by Crippen LogP contribution is -2.27. The Bertz CT molecular complexity index is 505. The van der Waals surface area contributed by atoms with Crippen LogP contribution in [-0.2, 0) is 16.1 Å². The smallest absolute Gasteiger partial charge is 0.220 e. The minimum atomic E-state index is -0.195. The first-order valence-corrected chi connectivity index (χ1v) is 5.98. The van der Waals surface area contributed by atoms with Gasteiger partial charge in [0.2, 0.25) is 5.91 Å². The van der Waals surface area contributed by atoms with E-state index in [9.17, 15) is 4.79 Å². The van der Waals surface area contributed by atoms with Crippen LogP contribution in [0.25, 0.3) is 5.57 Å². The van der Waals surface area contributed by atoms with Gasteiger partial charge in [0, 0.05) is 12.3 Å². The molecule has 0 bridgehead atoms. The van der Waals surface area contributed by atoms with E-state index in [4.69, 9.17) is 10.5 Å². The Morgan fingerprint density at radius 2 is 2.18 bits per heavy atom. The van der Waals surface area contributed by atoms with Crippen molar-refractivity contribution in [1.29, 1.82) is 0 Å². The quantitative estimate of drug-likeness (QED) is 0.802. The minimum absolute atomic E-state index is 0.0384. The number of carbonyl (C=O) groups excluding carboxylic acids is 1. The van der Waals surface area contributed by atoms with Crippen molar-refractivity contribution in [3.05, 3.63) is 41.2 Å². The highest BCUT2D eigenvalue weighted by Crippen LogP contribution is 2.40. The van der Waals surface area contributed by atoms with Crippen molar-refractivity contribution < 1.29 is 9.53 Å². The van der Waals surface area contributed by atoms with Gasteiger partial charge in [0.1, 0.15) is 12.4 Å². The molecule has 1 aromatic carbocycles. The van der Waals surface area contributed by atoms with E-state index >= 15 is 0 Å². The Hall–Kier alpha value is -1.77. The number of primary amides is 1. The van der Waals surface area contributed by atoms with Crippen LogP contribution in [-0.4, -0.2) is 5.91 Å². The van der Waals surface area contributed by atoms with Crippen molar-refractivity contribution >= 4 is 11.5 Å². The van der Waals surface area contributed by atoms with Gasteiger partial charge in [-0.3, -0.25) is 4.79 Å². The molecule has 0 radical (unpaired) electrons. The Kier molecular flexibility index (Phi) is 2.39. The third kappa shape index (κ3) is 1.71. The minimum Gasteiger partial charge on any atom is -0.493 e. The maximum Gasteiger partial charge on any atom is 0.220 e. The number of allylic oxidation sites excluding steroid dienone is 2. The van der Waals surface area contributed by atoms with Crippen LogP contribution in [0.2, 0.25) is 0 Å². The number of rotatable bonds is 1. The zero-order valence-corrected chi connectivity index (χ0v) is 9.61. The van der Waals surface area contributed by atoms with E-state index < -0.39 is 0 Å². The van der Waals surface area contributed by atoms with Crippen molar-refractivity contribution in [3.63, 3.8) is 0 Å². The number of amides is 1. The van der Waals surface area contributed by atoms with Gasteiger partial charge in [0.25, 0.3) is 0 Å². The van der Waals surface area contributed by atoms with Crippen LogP contribution >= 0.6 is 0 Å². The van der Waals surface area contributed by atoms with Gasteiger partial charge in [-0.1, -0.05) is 24.3 Å². The van der Waals surface area contributed by atoms with Crippen molar-refractivity contribution in [2.24, 2.45) is 11.7 Å². The molecule has 1 aliphatic carbocycles. The van der Waals surface area contributed by atoms with Crippen LogP contribution in [0.5, 0.6) is 0 Å². The lowest BCUT2D eigenvalue weighted by atomic mass is 9.82. The molecular formula is C14H15NO2. The summed E-state index contributed by atoms with van der Waals surface area (Å²) in [6, 6.07) is 8.23. The first-order chi connectivity index (χ1) is 8.25. The molecule has 17 heavy (non-hydrogen) atoms. The van der Waals surface area contributed by atoms with E-state index in [0.717, 1.165) is 25.0 Å². The molecule has 0 fully saturated rings. The zero-order valence-electron chi connectivity index (χ0n) is 9.61. The molecule has 1 aromatic rings. The topological polar surface area (TPSA) is 52.3 Å². The summed E-state index contributed by atoms with van der Waals surface area (Å²) in [7, 11) is 0. The van der Waals surface area contributed by atoms with Crippen molar-refractivity contribution in [3.8, 4) is 0 Å². The molecule has 1 unspecified atom stereocenters. The molecule has 1 heterocycles. The van der Waals surface area contributed by atoms with E-state index in [0.29, 0.717) is 6.61 Å². The molecule has 1 amide bonds. The summed E-state index contributed by atoms with van der Waals surface area (Å²) in [6.07, 6.45) is 2.37. The maximum atomic E-state index is 11.3. The summed E-state index contributed by atoms with van der Waals surface area (Å²) in [5.41, 5.74) is 9.03. The summed E-state index contributed by atoms with van der Waals surface area (Å²) in [5, 5.41) is 0. The highest BCUT2D eigenvalue weighted by molar-refractivity contribution is 5.82. The average Bonchev–Trinajstić information content (AvgIpc) is 2.38. The van der Waals surface area contributed by atoms with Gasteiger partial charge >= 0.3 is 0 Å². The van der Waals surface area contributed by atoms with E-state index in [1.807, 2.05) is 12.1 Å². The second kappa shape index (κ2) is 3.91. The predicted octanol–water partition coefficient (Wildman–Crippen LogP) is 2.21. The monoisotopic (exact) mass is 229 g/mol. The molecule has 1 atom stereocenters. The largest absolute Gasteiger partial charge is 0.493 e. The average molecular weight is 229 g/mol. The predicted molar refractivity (Wildman–Crippen MR) is 64.7 cm³/mol. The Labute approximate surface area is 100 Å². The van der Waals surface area contributed by atoms with Gasteiger partial charge in [-0.05, 0) is 29.5 Å². The number of benzene rings is 1. The third-order valence-corrected chi connectivity index (χ3v) is 3.65. The molecule has 0 saturated carbocycles. The molecule has 2 aliphatic rings. The molecular weight excluding hydrogens is 214 g/mol. The van der Waals surface area contributed by atoms with Crippen LogP contribution < -0.4 is 5.73 Å². The van der Waals surface area contributed by atoms with Gasteiger partial charge in [-0.2, -0.15) is 0 Å². The van der Waals surface area contributed by atoms with Crippen LogP contribution in [0.3, 0.4) is 0 Å². The molecule has 88 valence electrons. The second-order valence-electron chi connectivity index (χ2n) is 4.69. The van der Waals surface area contributed by atoms with Gasteiger partial charge in [-0.15, -0.1) is 0 Å². The van der Waals surface area contributed by atoms with Crippen LogP contribution in [0.15, 0.2) is 30.0 Å². The van der Waals surface area contributed by atoms with Gasteiger partial charge in [0.15, 0.2) is 0 Å². The molecule has 3 rings (SSSR count). The molecule has 3 heteroatoms. The van der Waals surface area contributed by atoms with E-state index in [1.165, 1.54) is 16.7 Å². The normalized spacial score (nSPS) is 22.5. The maximum absolute atomic E-state index is 11.3. The molecule has 1 aliphatic heterocycles. The van der Waals surface area contributed by atoms with Crippen LogP contribution in [0, 0.1) is 5.92 Å². The Balaban J connectivity index is 2.01. The molecule has 0 aromatic heterocycles. The SMILES string of the molecule is NC(=O)C1CCC2=C(C1)c1ccccc1CO2. The summed E-state index contributed by atoms with van der Waals surface area (Å²) in [4.78, 5) is 11.3. The molecule has 3 nitrogen and oxygen atoms in total. The van der Waals surface area contributed by atoms with Gasteiger partial charge in [-0.25, -0.2) is 0 Å². The van der Waals surface area contributed by atoms with Crippen molar-refractivity contribution in [2.45, 2.75) is 25.9 Å². The van der Waals surface area contributed by atoms with Gasteiger partial charge in [0.05, 0.1) is 0 Å². The lowest BCUT2D eigenvalue weighted by Gasteiger charge is -2.30. The van der Waals surface area contributed by atoms with E-state index in [-0.39, 0.29) is 11.8 Å². The van der Waals surface area contributed by atoms with E-state index in [2.05, 4.69) is 12.1 Å². The first kappa shape index (κ1) is 10.4. The standard InChI is InChI=1S/C14H15NO2/c15-14(16)9-5-6-13-12(7-9)11-4-2-1-3-10(11)8-17-13/h1-4,9H,5-8H2,(H2,15,16). The molecule has 0 saturated heterocycles. The third-order valence-electron chi connectivity index (χ3n) is 3.65. The summed E-state index contributed by atoms with van der Waals surface area (Å²) in [6.45, 7) is 0.649. The fourth-order valence-corrected chi connectivity index (χ4v) is 2.69. The number of carbonyl (C=O) groups is 1. The zero-order chi connectivity index (χ0) is 11.8. The van der Waals surface area contributed by atoms with Crippen molar-refractivity contribution in [1.82, 2.24) is 0 Å². The van der Waals surface area contributed by atoms with E-state index in [1.54, 1.807) is 0 Å². The summed E-state index contributed by atoms with van der Waals surface area (Å²) >= 11 is 0. The fraction of sp³-hybridized carbons (Fsp3) is 0.357. The Morgan fingerprint density at radius 1 is 1.35 bits per heavy atom. The van der Waals surface area contributed by atoms with Gasteiger partial charge < -0.3 is 10.5 Å². The van der Waals surface area contributed by atoms with Crippen LogP contribution in [0.4, 0.5) is 0 Å². The summed E-state index contributed by atoms with van der Waals surface area (Å²) in [5.74, 6) is 0.823. The Morgan fingerprint density at radius 3 is 3.00 bits per heavy atom. The molecule has 2 N–H and O–H groups in total.